The Labute approximate surface area is 105 Å². The molecule has 0 aromatic rings. The van der Waals surface area contributed by atoms with Crippen molar-refractivity contribution in [3.8, 4) is 0 Å². The Morgan fingerprint density at radius 2 is 2.06 bits per heavy atom. The van der Waals surface area contributed by atoms with E-state index in [1.165, 1.54) is 6.42 Å². The van der Waals surface area contributed by atoms with Crippen molar-refractivity contribution in [3.05, 3.63) is 0 Å². The first-order valence-corrected chi connectivity index (χ1v) is 6.64. The Morgan fingerprint density at radius 1 is 1.41 bits per heavy atom. The molecule has 1 rings (SSSR count). The van der Waals surface area contributed by atoms with Gasteiger partial charge in [-0.05, 0) is 45.3 Å². The fourth-order valence-electron chi connectivity index (χ4n) is 2.91. The minimum Gasteiger partial charge on any atom is -0.352 e. The van der Waals surface area contributed by atoms with Crippen LogP contribution in [-0.2, 0) is 4.79 Å². The molecule has 1 amide bonds. The van der Waals surface area contributed by atoms with Crippen LogP contribution in [0.5, 0.6) is 0 Å². The van der Waals surface area contributed by atoms with Gasteiger partial charge in [0.25, 0.3) is 0 Å². The van der Waals surface area contributed by atoms with Crippen LogP contribution in [0.15, 0.2) is 0 Å². The summed E-state index contributed by atoms with van der Waals surface area (Å²) < 4.78 is 0. The zero-order valence-corrected chi connectivity index (χ0v) is 11.6. The highest BCUT2D eigenvalue weighted by atomic mass is 16.2. The first-order chi connectivity index (χ1) is 7.97. The number of amides is 1. The highest BCUT2D eigenvalue weighted by Gasteiger charge is 2.31. The Bertz CT molecular complexity index is 245. The van der Waals surface area contributed by atoms with Crippen LogP contribution in [0, 0.1) is 11.8 Å². The Balaban J connectivity index is 2.57. The molecule has 0 aromatic carbocycles. The van der Waals surface area contributed by atoms with Gasteiger partial charge in [-0.2, -0.15) is 0 Å². The molecule has 1 fully saturated rings. The Hall–Kier alpha value is -0.610. The summed E-state index contributed by atoms with van der Waals surface area (Å²) in [7, 11) is 3.92. The van der Waals surface area contributed by atoms with Gasteiger partial charge in [0.2, 0.25) is 5.91 Å². The van der Waals surface area contributed by atoms with Crippen LogP contribution in [0.3, 0.4) is 0 Å². The van der Waals surface area contributed by atoms with Crippen LogP contribution >= 0.6 is 0 Å². The van der Waals surface area contributed by atoms with Gasteiger partial charge in [-0.25, -0.2) is 0 Å². The molecule has 0 bridgehead atoms. The average Bonchev–Trinajstić information content (AvgIpc) is 2.63. The normalized spacial score (nSPS) is 26.5. The summed E-state index contributed by atoms with van der Waals surface area (Å²) in [4.78, 5) is 14.2. The maximum absolute atomic E-state index is 12.3. The zero-order chi connectivity index (χ0) is 13.0. The molecular formula is C13H27N3O. The number of nitrogens with one attached hydrogen (secondary N) is 1. The summed E-state index contributed by atoms with van der Waals surface area (Å²) in [5.41, 5.74) is 5.73. The molecule has 0 aromatic heterocycles. The van der Waals surface area contributed by atoms with Gasteiger partial charge in [-0.15, -0.1) is 0 Å². The lowest BCUT2D eigenvalue weighted by atomic mass is 10.00. The number of hydrogen-bond acceptors (Lipinski definition) is 3. The Morgan fingerprint density at radius 3 is 2.53 bits per heavy atom. The van der Waals surface area contributed by atoms with Crippen molar-refractivity contribution in [1.29, 1.82) is 0 Å². The molecule has 17 heavy (non-hydrogen) atoms. The quantitative estimate of drug-likeness (QED) is 0.749. The van der Waals surface area contributed by atoms with E-state index < -0.39 is 0 Å². The van der Waals surface area contributed by atoms with Gasteiger partial charge in [-0.3, -0.25) is 9.69 Å². The summed E-state index contributed by atoms with van der Waals surface area (Å²) in [6.07, 6.45) is 3.41. The van der Waals surface area contributed by atoms with Crippen LogP contribution in [0.1, 0.15) is 33.1 Å². The van der Waals surface area contributed by atoms with E-state index in [-0.39, 0.29) is 18.0 Å². The number of carbonyl (C=O) groups excluding carboxylic acids is 1. The third kappa shape index (κ3) is 3.68. The zero-order valence-electron chi connectivity index (χ0n) is 11.6. The Kier molecular flexibility index (Phi) is 5.40. The third-order valence-corrected chi connectivity index (χ3v) is 3.75. The second kappa shape index (κ2) is 6.36. The highest BCUT2D eigenvalue weighted by Crippen LogP contribution is 2.25. The van der Waals surface area contributed by atoms with Crippen LogP contribution in [-0.4, -0.2) is 43.5 Å². The molecule has 3 unspecified atom stereocenters. The van der Waals surface area contributed by atoms with Crippen LogP contribution in [0.25, 0.3) is 0 Å². The maximum atomic E-state index is 12.3. The van der Waals surface area contributed by atoms with Gasteiger partial charge in [0.15, 0.2) is 0 Å². The third-order valence-electron chi connectivity index (χ3n) is 3.75. The van der Waals surface area contributed by atoms with Crippen LogP contribution in [0.2, 0.25) is 0 Å². The van der Waals surface area contributed by atoms with Gasteiger partial charge < -0.3 is 11.1 Å². The van der Waals surface area contributed by atoms with E-state index in [0.717, 1.165) is 12.8 Å². The average molecular weight is 241 g/mol. The maximum Gasteiger partial charge on any atom is 0.237 e. The number of carbonyl (C=O) groups is 1. The first-order valence-electron chi connectivity index (χ1n) is 6.64. The summed E-state index contributed by atoms with van der Waals surface area (Å²) in [5, 5.41) is 3.18. The second-order valence-electron chi connectivity index (χ2n) is 5.69. The minimum absolute atomic E-state index is 0.0472. The van der Waals surface area contributed by atoms with Crippen molar-refractivity contribution in [2.45, 2.75) is 45.2 Å². The molecule has 0 heterocycles. The van der Waals surface area contributed by atoms with Crippen molar-refractivity contribution in [1.82, 2.24) is 10.2 Å². The molecule has 0 radical (unpaired) electrons. The van der Waals surface area contributed by atoms with E-state index in [0.29, 0.717) is 18.4 Å². The number of hydrogen-bond donors (Lipinski definition) is 2. The lowest BCUT2D eigenvalue weighted by molar-refractivity contribution is -0.127. The predicted molar refractivity (Wildman–Crippen MR) is 70.6 cm³/mol. The lowest BCUT2D eigenvalue weighted by Gasteiger charge is -2.29. The molecule has 1 saturated carbocycles. The molecule has 4 heteroatoms. The summed E-state index contributed by atoms with van der Waals surface area (Å²) in [5.74, 6) is 0.937. The molecular weight excluding hydrogens is 214 g/mol. The molecule has 0 saturated heterocycles. The number of nitrogens with two attached hydrogens (primary N) is 1. The largest absolute Gasteiger partial charge is 0.352 e. The number of likely N-dealkylation sites (N-methyl/N-ethyl adjacent to an activating group) is 1. The minimum atomic E-state index is -0.0472. The van der Waals surface area contributed by atoms with E-state index in [4.69, 9.17) is 5.73 Å². The molecule has 0 spiro atoms. The molecule has 3 N–H and O–H groups in total. The molecule has 0 aliphatic heterocycles. The van der Waals surface area contributed by atoms with Crippen LogP contribution in [0.4, 0.5) is 0 Å². The van der Waals surface area contributed by atoms with E-state index >= 15 is 0 Å². The number of rotatable bonds is 5. The predicted octanol–water partition coefficient (Wildman–Crippen LogP) is 0.816. The van der Waals surface area contributed by atoms with E-state index in [1.54, 1.807) is 0 Å². The van der Waals surface area contributed by atoms with Crippen molar-refractivity contribution in [2.24, 2.45) is 17.6 Å². The fourth-order valence-corrected chi connectivity index (χ4v) is 2.91. The van der Waals surface area contributed by atoms with Crippen molar-refractivity contribution < 1.29 is 4.79 Å². The molecule has 1 aliphatic carbocycles. The highest BCUT2D eigenvalue weighted by molar-refractivity contribution is 5.82. The van der Waals surface area contributed by atoms with Crippen molar-refractivity contribution >= 4 is 5.91 Å². The van der Waals surface area contributed by atoms with Gasteiger partial charge in [0.05, 0.1) is 6.04 Å². The smallest absolute Gasteiger partial charge is 0.237 e. The molecule has 4 nitrogen and oxygen atoms in total. The summed E-state index contributed by atoms with van der Waals surface area (Å²) >= 11 is 0. The van der Waals surface area contributed by atoms with Gasteiger partial charge in [0.1, 0.15) is 0 Å². The topological polar surface area (TPSA) is 58.4 Å². The van der Waals surface area contributed by atoms with Crippen molar-refractivity contribution in [3.63, 3.8) is 0 Å². The van der Waals surface area contributed by atoms with Gasteiger partial charge >= 0.3 is 0 Å². The molecule has 100 valence electrons. The second-order valence-corrected chi connectivity index (χ2v) is 5.69. The molecule has 1 aliphatic rings. The lowest BCUT2D eigenvalue weighted by Crippen LogP contribution is -2.51. The standard InChI is InChI=1S/C13H27N3O/c1-9(2)12(16(3)4)13(17)15-11-7-5-6-10(11)8-14/h9-12H,5-8,14H2,1-4H3,(H,15,17). The SMILES string of the molecule is CC(C)C(C(=O)NC1CCCC1CN)N(C)C. The summed E-state index contributed by atoms with van der Waals surface area (Å²) in [6, 6.07) is 0.239. The van der Waals surface area contributed by atoms with E-state index in [9.17, 15) is 4.79 Å². The van der Waals surface area contributed by atoms with Gasteiger partial charge in [-0.1, -0.05) is 20.3 Å². The first kappa shape index (κ1) is 14.5. The van der Waals surface area contributed by atoms with Crippen LogP contribution < -0.4 is 11.1 Å². The fraction of sp³-hybridized carbons (Fsp3) is 0.923. The monoisotopic (exact) mass is 241 g/mol. The van der Waals surface area contributed by atoms with Crippen molar-refractivity contribution in [2.75, 3.05) is 20.6 Å². The van der Waals surface area contributed by atoms with Gasteiger partial charge in [0, 0.05) is 6.04 Å². The van der Waals surface area contributed by atoms with E-state index in [2.05, 4.69) is 19.2 Å². The van der Waals surface area contributed by atoms with E-state index in [1.807, 2.05) is 19.0 Å². The molecule has 3 atom stereocenters. The number of nitrogens with zero attached hydrogens (tertiary/aromatic N) is 1. The summed E-state index contributed by atoms with van der Waals surface area (Å²) in [6.45, 7) is 4.85.